The first kappa shape index (κ1) is 14.8. The van der Waals surface area contributed by atoms with Crippen molar-refractivity contribution in [1.29, 1.82) is 0 Å². The molecule has 1 heterocycles. The number of rotatable bonds is 4. The third-order valence-corrected chi connectivity index (χ3v) is 6.28. The second-order valence-corrected chi connectivity index (χ2v) is 7.92. The van der Waals surface area contributed by atoms with Crippen molar-refractivity contribution in [2.75, 3.05) is 0 Å². The maximum Gasteiger partial charge on any atom is 0.294 e. The van der Waals surface area contributed by atoms with E-state index in [0.29, 0.717) is 16.0 Å². The van der Waals surface area contributed by atoms with Crippen LogP contribution in [0.25, 0.3) is 0 Å². The van der Waals surface area contributed by atoms with Gasteiger partial charge in [-0.3, -0.25) is 10.1 Å². The van der Waals surface area contributed by atoms with Crippen LogP contribution in [0.3, 0.4) is 0 Å². The van der Waals surface area contributed by atoms with Crippen molar-refractivity contribution in [2.45, 2.75) is 55.1 Å². The van der Waals surface area contributed by atoms with Crippen LogP contribution in [0.5, 0.6) is 0 Å². The highest BCUT2D eigenvalue weighted by Gasteiger charge is 2.26. The normalized spacial score (nSPS) is 25.2. The first-order valence-corrected chi connectivity index (χ1v) is 8.29. The average Bonchev–Trinajstić information content (AvgIpc) is 2.73. The molecule has 1 aliphatic rings. The molecule has 3 atom stereocenters. The topological polar surface area (TPSA) is 63.4 Å². The maximum atomic E-state index is 11.1. The van der Waals surface area contributed by atoms with Crippen molar-refractivity contribution in [3.8, 4) is 0 Å². The summed E-state index contributed by atoms with van der Waals surface area (Å²) in [6.07, 6.45) is 4.10. The fourth-order valence-corrected chi connectivity index (χ4v) is 5.39. The molecule has 0 bridgehead atoms. The Morgan fingerprint density at radius 1 is 1.58 bits per heavy atom. The maximum absolute atomic E-state index is 11.1. The Labute approximate surface area is 121 Å². The van der Waals surface area contributed by atoms with Crippen LogP contribution in [0, 0.1) is 16.0 Å². The van der Waals surface area contributed by atoms with Crippen LogP contribution < -0.4 is 0 Å². The van der Waals surface area contributed by atoms with Gasteiger partial charge in [0.1, 0.15) is 4.21 Å². The van der Waals surface area contributed by atoms with Crippen LogP contribution in [0.4, 0.5) is 5.69 Å². The molecule has 0 amide bonds. The summed E-state index contributed by atoms with van der Waals surface area (Å²) in [4.78, 5) is 11.4. The molecule has 4 nitrogen and oxygen atoms in total. The number of thiophene rings is 1. The van der Waals surface area contributed by atoms with Crippen molar-refractivity contribution in [3.63, 3.8) is 0 Å². The molecule has 0 aliphatic heterocycles. The highest BCUT2D eigenvalue weighted by Crippen LogP contribution is 2.45. The van der Waals surface area contributed by atoms with Gasteiger partial charge in [0.15, 0.2) is 0 Å². The number of thioether (sulfide) groups is 1. The summed E-state index contributed by atoms with van der Waals surface area (Å²) >= 11 is 2.99. The van der Waals surface area contributed by atoms with E-state index in [4.69, 9.17) is 0 Å². The van der Waals surface area contributed by atoms with Crippen LogP contribution in [-0.2, 0) is 0 Å². The van der Waals surface area contributed by atoms with Crippen LogP contribution in [0.1, 0.15) is 50.5 Å². The zero-order valence-electron chi connectivity index (χ0n) is 11.2. The molecule has 0 aromatic carbocycles. The van der Waals surface area contributed by atoms with Crippen molar-refractivity contribution in [2.24, 2.45) is 5.92 Å². The number of nitrogens with zero attached hydrogens (tertiary/aromatic N) is 1. The minimum Gasteiger partial charge on any atom is -0.388 e. The lowest BCUT2D eigenvalue weighted by Crippen LogP contribution is -2.14. The fourth-order valence-electron chi connectivity index (χ4n) is 2.44. The lowest BCUT2D eigenvalue weighted by molar-refractivity contribution is -0.387. The summed E-state index contributed by atoms with van der Waals surface area (Å²) in [5.41, 5.74) is 0.157. The second-order valence-electron chi connectivity index (χ2n) is 5.27. The van der Waals surface area contributed by atoms with Gasteiger partial charge < -0.3 is 5.11 Å². The summed E-state index contributed by atoms with van der Waals surface area (Å²) in [6, 6.07) is 1.52. The van der Waals surface area contributed by atoms with E-state index in [9.17, 15) is 15.2 Å². The summed E-state index contributed by atoms with van der Waals surface area (Å²) in [5.74, 6) is 0.710. The third-order valence-electron chi connectivity index (χ3n) is 3.47. The van der Waals surface area contributed by atoms with E-state index in [2.05, 4.69) is 6.92 Å². The molecule has 0 saturated heterocycles. The van der Waals surface area contributed by atoms with Crippen LogP contribution in [0.15, 0.2) is 10.3 Å². The van der Waals surface area contributed by atoms with E-state index in [-0.39, 0.29) is 10.6 Å². The molecule has 19 heavy (non-hydrogen) atoms. The third kappa shape index (κ3) is 3.70. The van der Waals surface area contributed by atoms with Crippen molar-refractivity contribution in [1.82, 2.24) is 0 Å². The van der Waals surface area contributed by atoms with Gasteiger partial charge in [-0.05, 0) is 25.7 Å². The largest absolute Gasteiger partial charge is 0.388 e. The molecule has 1 N–H and O–H groups in total. The van der Waals surface area contributed by atoms with Gasteiger partial charge in [0.25, 0.3) is 5.69 Å². The van der Waals surface area contributed by atoms with E-state index >= 15 is 0 Å². The highest BCUT2D eigenvalue weighted by atomic mass is 32.2. The molecule has 2 unspecified atom stereocenters. The first-order valence-electron chi connectivity index (χ1n) is 6.60. The lowest BCUT2D eigenvalue weighted by atomic mass is 9.91. The molecule has 0 spiro atoms. The molecule has 106 valence electrons. The van der Waals surface area contributed by atoms with Crippen molar-refractivity contribution >= 4 is 28.8 Å². The van der Waals surface area contributed by atoms with E-state index < -0.39 is 6.10 Å². The van der Waals surface area contributed by atoms with Gasteiger partial charge in [0, 0.05) is 16.2 Å². The quantitative estimate of drug-likeness (QED) is 0.662. The van der Waals surface area contributed by atoms with Crippen LogP contribution in [0.2, 0.25) is 0 Å². The predicted molar refractivity (Wildman–Crippen MR) is 78.9 cm³/mol. The Morgan fingerprint density at radius 3 is 2.89 bits per heavy atom. The number of nitro groups is 1. The van der Waals surface area contributed by atoms with Gasteiger partial charge >= 0.3 is 0 Å². The Kier molecular flexibility index (Phi) is 4.86. The second kappa shape index (κ2) is 6.24. The van der Waals surface area contributed by atoms with Gasteiger partial charge in [0.2, 0.25) is 0 Å². The van der Waals surface area contributed by atoms with E-state index in [1.807, 2.05) is 0 Å². The Morgan fingerprint density at radius 2 is 2.32 bits per heavy atom. The zero-order valence-corrected chi connectivity index (χ0v) is 12.8. The number of aliphatic hydroxyl groups excluding tert-OH is 1. The molecule has 1 aliphatic carbocycles. The predicted octanol–water partition coefficient (Wildman–Crippen LogP) is 4.38. The van der Waals surface area contributed by atoms with Gasteiger partial charge in [-0.15, -0.1) is 23.1 Å². The molecule has 1 aromatic heterocycles. The van der Waals surface area contributed by atoms with Gasteiger partial charge in [-0.1, -0.05) is 19.8 Å². The minimum atomic E-state index is -0.636. The molecular weight excluding hydrogens is 282 g/mol. The minimum absolute atomic E-state index is 0.157. The van der Waals surface area contributed by atoms with E-state index in [1.165, 1.54) is 30.2 Å². The van der Waals surface area contributed by atoms with Gasteiger partial charge in [0.05, 0.1) is 11.0 Å². The van der Waals surface area contributed by atoms with Crippen LogP contribution >= 0.6 is 23.1 Å². The smallest absolute Gasteiger partial charge is 0.294 e. The molecule has 1 aromatic rings. The molecule has 1 fully saturated rings. The molecule has 2 rings (SSSR count). The zero-order chi connectivity index (χ0) is 14.0. The summed E-state index contributed by atoms with van der Waals surface area (Å²) in [7, 11) is 0. The monoisotopic (exact) mass is 301 g/mol. The summed E-state index contributed by atoms with van der Waals surface area (Å²) in [6.45, 7) is 3.89. The standard InChI is InChI=1S/C13H19NO3S2/c1-8-4-3-5-10(6-8)18-13-11(14(16)17)7-12(19-13)9(2)15/h7-10,15H,3-6H2,1-2H3/t8?,9-,10?/m1/s1. The number of aliphatic hydroxyl groups is 1. The molecule has 1 saturated carbocycles. The SMILES string of the molecule is CC1CCCC(Sc2sc([C@@H](C)O)cc2[N+](=O)[O-])C1. The number of hydrogen-bond donors (Lipinski definition) is 1. The fraction of sp³-hybridized carbons (Fsp3) is 0.692. The first-order chi connectivity index (χ1) is 8.97. The molecular formula is C13H19NO3S2. The van der Waals surface area contributed by atoms with E-state index in [0.717, 1.165) is 17.1 Å². The summed E-state index contributed by atoms with van der Waals surface area (Å²) in [5, 5.41) is 21.1. The molecule has 0 radical (unpaired) electrons. The Hall–Kier alpha value is -0.590. The van der Waals surface area contributed by atoms with E-state index in [1.54, 1.807) is 18.7 Å². The Balaban J connectivity index is 2.16. The Bertz CT molecular complexity index is 459. The van der Waals surface area contributed by atoms with Crippen LogP contribution in [-0.4, -0.2) is 15.3 Å². The van der Waals surface area contributed by atoms with Crippen molar-refractivity contribution in [3.05, 3.63) is 21.1 Å². The van der Waals surface area contributed by atoms with Crippen molar-refractivity contribution < 1.29 is 10.0 Å². The van der Waals surface area contributed by atoms with Gasteiger partial charge in [-0.25, -0.2) is 0 Å². The number of hydrogen-bond acceptors (Lipinski definition) is 5. The summed E-state index contributed by atoms with van der Waals surface area (Å²) < 4.78 is 0.750. The lowest BCUT2D eigenvalue weighted by Gasteiger charge is -2.25. The molecule has 6 heteroatoms. The van der Waals surface area contributed by atoms with Gasteiger partial charge in [-0.2, -0.15) is 0 Å². The highest BCUT2D eigenvalue weighted by molar-refractivity contribution is 8.01. The average molecular weight is 301 g/mol.